The fraction of sp³-hybridized carbons (Fsp3) is 0.571. The van der Waals surface area contributed by atoms with Crippen molar-refractivity contribution in [1.82, 2.24) is 5.43 Å². The molecule has 3 N–H and O–H groups in total. The van der Waals surface area contributed by atoms with Crippen LogP contribution in [0.1, 0.15) is 30.9 Å². The second kappa shape index (κ2) is 5.77. The van der Waals surface area contributed by atoms with Crippen molar-refractivity contribution >= 4 is 0 Å². The molecule has 1 aliphatic carbocycles. The van der Waals surface area contributed by atoms with Crippen LogP contribution in [0.3, 0.4) is 0 Å². The number of ether oxygens (including phenoxy) is 3. The maximum Gasteiger partial charge on any atom is 0.127 e. The zero-order valence-corrected chi connectivity index (χ0v) is 11.7. The molecule has 0 aliphatic heterocycles. The molecule has 1 aromatic carbocycles. The van der Waals surface area contributed by atoms with Gasteiger partial charge in [0.25, 0.3) is 0 Å². The Bertz CT molecular complexity index is 427. The maximum absolute atomic E-state index is 5.75. The highest BCUT2D eigenvalue weighted by Gasteiger charge is 2.45. The fourth-order valence-electron chi connectivity index (χ4n) is 2.72. The van der Waals surface area contributed by atoms with Crippen LogP contribution >= 0.6 is 0 Å². The average Bonchev–Trinajstić information content (AvgIpc) is 2.42. The second-order valence-corrected chi connectivity index (χ2v) is 4.83. The molecule has 19 heavy (non-hydrogen) atoms. The average molecular weight is 266 g/mol. The van der Waals surface area contributed by atoms with Gasteiger partial charge in [0.1, 0.15) is 11.5 Å². The summed E-state index contributed by atoms with van der Waals surface area (Å²) in [7, 11) is 5.02. The quantitative estimate of drug-likeness (QED) is 0.607. The Balaban J connectivity index is 2.37. The van der Waals surface area contributed by atoms with Gasteiger partial charge in [-0.15, -0.1) is 0 Å². The van der Waals surface area contributed by atoms with E-state index in [9.17, 15) is 0 Å². The predicted molar refractivity (Wildman–Crippen MR) is 73.2 cm³/mol. The molecule has 0 saturated heterocycles. The van der Waals surface area contributed by atoms with Crippen molar-refractivity contribution in [2.45, 2.75) is 30.9 Å². The zero-order chi connectivity index (χ0) is 13.9. The lowest BCUT2D eigenvalue weighted by Crippen LogP contribution is -2.52. The van der Waals surface area contributed by atoms with Crippen LogP contribution in [0, 0.1) is 0 Å². The Morgan fingerprint density at radius 2 is 1.95 bits per heavy atom. The molecule has 1 atom stereocenters. The molecule has 1 aliphatic rings. The van der Waals surface area contributed by atoms with Gasteiger partial charge in [0.2, 0.25) is 0 Å². The minimum atomic E-state index is -0.239. The summed E-state index contributed by atoms with van der Waals surface area (Å²) < 4.78 is 16.4. The van der Waals surface area contributed by atoms with E-state index in [2.05, 4.69) is 5.43 Å². The van der Waals surface area contributed by atoms with Crippen LogP contribution in [0.2, 0.25) is 0 Å². The van der Waals surface area contributed by atoms with Crippen molar-refractivity contribution in [2.24, 2.45) is 5.84 Å². The molecule has 0 radical (unpaired) electrons. The normalized spacial score (nSPS) is 18.5. The van der Waals surface area contributed by atoms with E-state index < -0.39 is 0 Å². The second-order valence-electron chi connectivity index (χ2n) is 4.83. The van der Waals surface area contributed by atoms with Gasteiger partial charge in [-0.25, -0.2) is 5.43 Å². The molecule has 1 saturated carbocycles. The molecule has 5 nitrogen and oxygen atoms in total. The van der Waals surface area contributed by atoms with Gasteiger partial charge >= 0.3 is 0 Å². The Labute approximate surface area is 114 Å². The highest BCUT2D eigenvalue weighted by atomic mass is 16.5. The Hall–Kier alpha value is -1.30. The van der Waals surface area contributed by atoms with Crippen molar-refractivity contribution < 1.29 is 14.2 Å². The number of methoxy groups -OCH3 is 3. The number of nitrogens with one attached hydrogen (secondary N) is 1. The summed E-state index contributed by atoms with van der Waals surface area (Å²) in [5, 5.41) is 0. The fourth-order valence-corrected chi connectivity index (χ4v) is 2.72. The lowest BCUT2D eigenvalue weighted by molar-refractivity contribution is -0.100. The molecule has 0 spiro atoms. The molecule has 2 rings (SSSR count). The van der Waals surface area contributed by atoms with E-state index in [1.54, 1.807) is 21.3 Å². The lowest BCUT2D eigenvalue weighted by Gasteiger charge is -2.46. The predicted octanol–water partition coefficient (Wildman–Crippen LogP) is 1.78. The van der Waals surface area contributed by atoms with Crippen LogP contribution in [0.25, 0.3) is 0 Å². The maximum atomic E-state index is 5.75. The first-order chi connectivity index (χ1) is 9.20. The summed E-state index contributed by atoms with van der Waals surface area (Å²) in [6.45, 7) is 0. The Morgan fingerprint density at radius 3 is 2.37 bits per heavy atom. The third kappa shape index (κ3) is 2.41. The first-order valence-corrected chi connectivity index (χ1v) is 6.44. The van der Waals surface area contributed by atoms with Crippen LogP contribution < -0.4 is 20.7 Å². The van der Waals surface area contributed by atoms with Crippen LogP contribution in [0.4, 0.5) is 0 Å². The van der Waals surface area contributed by atoms with Crippen molar-refractivity contribution in [3.63, 3.8) is 0 Å². The molecule has 0 bridgehead atoms. The van der Waals surface area contributed by atoms with E-state index in [-0.39, 0.29) is 11.6 Å². The third-order valence-corrected chi connectivity index (χ3v) is 4.05. The summed E-state index contributed by atoms with van der Waals surface area (Å²) in [6.07, 6.45) is 3.14. The summed E-state index contributed by atoms with van der Waals surface area (Å²) in [5.41, 5.74) is 3.63. The highest BCUT2D eigenvalue weighted by molar-refractivity contribution is 5.44. The Kier molecular flexibility index (Phi) is 4.29. The van der Waals surface area contributed by atoms with Crippen LogP contribution in [0.15, 0.2) is 18.2 Å². The molecule has 0 aromatic heterocycles. The van der Waals surface area contributed by atoms with Gasteiger partial charge in [0.05, 0.1) is 25.9 Å². The smallest absolute Gasteiger partial charge is 0.127 e. The lowest BCUT2D eigenvalue weighted by atomic mass is 9.72. The number of rotatable bonds is 6. The zero-order valence-electron chi connectivity index (χ0n) is 11.7. The van der Waals surface area contributed by atoms with Gasteiger partial charge in [-0.1, -0.05) is 0 Å². The van der Waals surface area contributed by atoms with Crippen molar-refractivity contribution in [3.05, 3.63) is 23.8 Å². The molecule has 1 aromatic rings. The van der Waals surface area contributed by atoms with Gasteiger partial charge in [-0.3, -0.25) is 5.84 Å². The van der Waals surface area contributed by atoms with Crippen molar-refractivity contribution in [2.75, 3.05) is 21.3 Å². The van der Waals surface area contributed by atoms with E-state index in [0.29, 0.717) is 0 Å². The topological polar surface area (TPSA) is 65.7 Å². The minimum absolute atomic E-state index is 0.0906. The molecule has 1 unspecified atom stereocenters. The molecule has 1 fully saturated rings. The SMILES string of the molecule is COc1ccc(C(NN)C2(OC)CCC2)c(OC)c1. The van der Waals surface area contributed by atoms with E-state index in [1.807, 2.05) is 18.2 Å². The largest absolute Gasteiger partial charge is 0.497 e. The number of hydrogen-bond acceptors (Lipinski definition) is 5. The van der Waals surface area contributed by atoms with Crippen molar-refractivity contribution in [1.29, 1.82) is 0 Å². The summed E-state index contributed by atoms with van der Waals surface area (Å²) in [4.78, 5) is 0. The summed E-state index contributed by atoms with van der Waals surface area (Å²) in [5.74, 6) is 7.27. The summed E-state index contributed by atoms with van der Waals surface area (Å²) >= 11 is 0. The summed E-state index contributed by atoms with van der Waals surface area (Å²) in [6, 6.07) is 5.65. The minimum Gasteiger partial charge on any atom is -0.497 e. The molecular weight excluding hydrogens is 244 g/mol. The van der Waals surface area contributed by atoms with Gasteiger partial charge in [0.15, 0.2) is 0 Å². The third-order valence-electron chi connectivity index (χ3n) is 4.05. The highest BCUT2D eigenvalue weighted by Crippen LogP contribution is 2.46. The van der Waals surface area contributed by atoms with E-state index in [1.165, 1.54) is 0 Å². The monoisotopic (exact) mass is 266 g/mol. The number of benzene rings is 1. The first-order valence-electron chi connectivity index (χ1n) is 6.44. The van der Waals surface area contributed by atoms with E-state index in [0.717, 1.165) is 36.3 Å². The number of nitrogens with two attached hydrogens (primary N) is 1. The van der Waals surface area contributed by atoms with Crippen LogP contribution in [-0.4, -0.2) is 26.9 Å². The number of hydrogen-bond donors (Lipinski definition) is 2. The molecule has 5 heteroatoms. The molecule has 0 amide bonds. The molecular formula is C14H22N2O3. The van der Waals surface area contributed by atoms with Gasteiger partial charge in [-0.2, -0.15) is 0 Å². The van der Waals surface area contributed by atoms with Crippen LogP contribution in [0.5, 0.6) is 11.5 Å². The number of hydrazine groups is 1. The Morgan fingerprint density at radius 1 is 1.21 bits per heavy atom. The van der Waals surface area contributed by atoms with Crippen LogP contribution in [-0.2, 0) is 4.74 Å². The molecule has 0 heterocycles. The van der Waals surface area contributed by atoms with E-state index in [4.69, 9.17) is 20.1 Å². The van der Waals surface area contributed by atoms with Crippen molar-refractivity contribution in [3.8, 4) is 11.5 Å². The van der Waals surface area contributed by atoms with E-state index >= 15 is 0 Å². The molecule has 106 valence electrons. The van der Waals surface area contributed by atoms with Gasteiger partial charge < -0.3 is 14.2 Å². The van der Waals surface area contributed by atoms with Gasteiger partial charge in [-0.05, 0) is 31.4 Å². The van der Waals surface area contributed by atoms with Gasteiger partial charge in [0, 0.05) is 18.7 Å². The standard InChI is InChI=1S/C14H22N2O3/c1-17-10-5-6-11(12(9-10)18-2)13(16-15)14(19-3)7-4-8-14/h5-6,9,13,16H,4,7-8,15H2,1-3H3. The first kappa shape index (κ1) is 14.1.